The molecule has 1 aromatic rings. The Balaban J connectivity index is 3.30. The van der Waals surface area contributed by atoms with E-state index in [0.29, 0.717) is 4.47 Å². The summed E-state index contributed by atoms with van der Waals surface area (Å²) in [4.78, 5) is 11.0. The Morgan fingerprint density at radius 2 is 2.05 bits per heavy atom. The van der Waals surface area contributed by atoms with Crippen LogP contribution >= 0.6 is 27.5 Å². The zero-order valence-corrected chi connectivity index (χ0v) is 13.6. The highest BCUT2D eigenvalue weighted by molar-refractivity contribution is 9.10. The standard InChI is InChI=1S/C11H14BrClN2O3S/c1-7(2)15(6-11(14)16)19(17,18)10-4-3-8(12)5-9(10)13/h3-5,7H,6H2,1-2H3,(H2,14,16). The number of hydrogen-bond donors (Lipinski definition) is 1. The van der Waals surface area contributed by atoms with Gasteiger partial charge in [-0.25, -0.2) is 8.42 Å². The minimum absolute atomic E-state index is 0.0488. The lowest BCUT2D eigenvalue weighted by molar-refractivity contribution is -0.118. The summed E-state index contributed by atoms with van der Waals surface area (Å²) in [5.41, 5.74) is 5.08. The number of benzene rings is 1. The van der Waals surface area contributed by atoms with E-state index in [1.807, 2.05) is 0 Å². The van der Waals surface area contributed by atoms with E-state index < -0.39 is 22.0 Å². The molecule has 0 spiro atoms. The first-order valence-electron chi connectivity index (χ1n) is 5.41. The minimum Gasteiger partial charge on any atom is -0.369 e. The van der Waals surface area contributed by atoms with E-state index in [1.54, 1.807) is 19.9 Å². The molecule has 0 bridgehead atoms. The fourth-order valence-electron chi connectivity index (χ4n) is 1.51. The van der Waals surface area contributed by atoms with Crippen LogP contribution in [-0.2, 0) is 14.8 Å². The van der Waals surface area contributed by atoms with Crippen LogP contribution in [0.5, 0.6) is 0 Å². The van der Waals surface area contributed by atoms with Crippen molar-refractivity contribution in [1.82, 2.24) is 4.31 Å². The maximum absolute atomic E-state index is 12.5. The number of halogens is 2. The van der Waals surface area contributed by atoms with E-state index in [-0.39, 0.29) is 16.5 Å². The first kappa shape index (κ1) is 16.4. The van der Waals surface area contributed by atoms with Crippen LogP contribution in [0.3, 0.4) is 0 Å². The molecule has 0 aliphatic rings. The molecule has 2 N–H and O–H groups in total. The van der Waals surface area contributed by atoms with Gasteiger partial charge >= 0.3 is 0 Å². The smallest absolute Gasteiger partial charge is 0.245 e. The quantitative estimate of drug-likeness (QED) is 0.862. The number of nitrogens with zero attached hydrogens (tertiary/aromatic N) is 1. The van der Waals surface area contributed by atoms with E-state index in [0.717, 1.165) is 4.31 Å². The van der Waals surface area contributed by atoms with Crippen LogP contribution in [-0.4, -0.2) is 31.2 Å². The van der Waals surface area contributed by atoms with Crippen LogP contribution in [0.2, 0.25) is 5.02 Å². The number of hydrogen-bond acceptors (Lipinski definition) is 3. The van der Waals surface area contributed by atoms with Gasteiger partial charge in [-0.15, -0.1) is 0 Å². The lowest BCUT2D eigenvalue weighted by Gasteiger charge is -2.25. The monoisotopic (exact) mass is 368 g/mol. The Morgan fingerprint density at radius 3 is 2.47 bits per heavy atom. The third-order valence-corrected chi connectivity index (χ3v) is 5.37. The summed E-state index contributed by atoms with van der Waals surface area (Å²) in [5.74, 6) is -0.717. The van der Waals surface area contributed by atoms with Gasteiger partial charge in [0.15, 0.2) is 0 Å². The van der Waals surface area contributed by atoms with Crippen LogP contribution in [0.25, 0.3) is 0 Å². The van der Waals surface area contributed by atoms with E-state index >= 15 is 0 Å². The van der Waals surface area contributed by atoms with Gasteiger partial charge in [-0.1, -0.05) is 27.5 Å². The van der Waals surface area contributed by atoms with Crippen molar-refractivity contribution in [2.75, 3.05) is 6.54 Å². The third kappa shape index (κ3) is 3.92. The summed E-state index contributed by atoms with van der Waals surface area (Å²) < 4.78 is 26.6. The van der Waals surface area contributed by atoms with Crippen molar-refractivity contribution in [2.45, 2.75) is 24.8 Å². The van der Waals surface area contributed by atoms with Gasteiger partial charge in [-0.05, 0) is 32.0 Å². The molecule has 0 heterocycles. The fraction of sp³-hybridized carbons (Fsp3) is 0.364. The molecule has 8 heteroatoms. The van der Waals surface area contributed by atoms with Crippen molar-refractivity contribution < 1.29 is 13.2 Å². The predicted octanol–water partition coefficient (Wildman–Crippen LogP) is 1.99. The number of primary amides is 1. The Kier molecular flexibility index (Phi) is 5.37. The first-order chi connectivity index (χ1) is 8.66. The molecule has 19 heavy (non-hydrogen) atoms. The van der Waals surface area contributed by atoms with Gasteiger partial charge in [0.05, 0.1) is 11.6 Å². The maximum Gasteiger partial charge on any atom is 0.245 e. The van der Waals surface area contributed by atoms with E-state index in [2.05, 4.69) is 15.9 Å². The lowest BCUT2D eigenvalue weighted by Crippen LogP contribution is -2.42. The summed E-state index contributed by atoms with van der Waals surface area (Å²) in [6, 6.07) is 4.04. The molecule has 0 unspecified atom stereocenters. The van der Waals surface area contributed by atoms with Gasteiger partial charge in [-0.2, -0.15) is 4.31 Å². The SMILES string of the molecule is CC(C)N(CC(N)=O)S(=O)(=O)c1ccc(Br)cc1Cl. The first-order valence-corrected chi connectivity index (χ1v) is 8.02. The Hall–Kier alpha value is -0.630. The number of nitrogens with two attached hydrogens (primary N) is 1. The average Bonchev–Trinajstić information content (AvgIpc) is 2.24. The Labute approximate surface area is 125 Å². The molecular formula is C11H14BrClN2O3S. The van der Waals surface area contributed by atoms with Crippen molar-refractivity contribution in [1.29, 1.82) is 0 Å². The van der Waals surface area contributed by atoms with Crippen molar-refractivity contribution >= 4 is 43.5 Å². The number of sulfonamides is 1. The molecule has 0 fully saturated rings. The number of carbonyl (C=O) groups is 1. The molecule has 0 aliphatic heterocycles. The second-order valence-electron chi connectivity index (χ2n) is 4.19. The highest BCUT2D eigenvalue weighted by atomic mass is 79.9. The van der Waals surface area contributed by atoms with Gasteiger partial charge in [-0.3, -0.25) is 4.79 Å². The molecule has 1 rings (SSSR count). The molecule has 0 atom stereocenters. The van der Waals surface area contributed by atoms with Crippen LogP contribution in [0.1, 0.15) is 13.8 Å². The summed E-state index contributed by atoms with van der Waals surface area (Å²) in [5, 5.41) is 0.0875. The van der Waals surface area contributed by atoms with Crippen molar-refractivity contribution in [3.05, 3.63) is 27.7 Å². The Bertz CT molecular complexity index is 590. The highest BCUT2D eigenvalue weighted by Gasteiger charge is 2.30. The summed E-state index contributed by atoms with van der Waals surface area (Å²) in [6.45, 7) is 2.94. The van der Waals surface area contributed by atoms with E-state index in [4.69, 9.17) is 17.3 Å². The summed E-state index contributed by atoms with van der Waals surface area (Å²) >= 11 is 9.15. The van der Waals surface area contributed by atoms with Gasteiger partial charge in [0.1, 0.15) is 4.90 Å². The van der Waals surface area contributed by atoms with Crippen LogP contribution in [0, 0.1) is 0 Å². The van der Waals surface area contributed by atoms with E-state index in [1.165, 1.54) is 12.1 Å². The van der Waals surface area contributed by atoms with Crippen LogP contribution < -0.4 is 5.73 Å². The maximum atomic E-state index is 12.5. The highest BCUT2D eigenvalue weighted by Crippen LogP contribution is 2.28. The predicted molar refractivity (Wildman–Crippen MR) is 77.4 cm³/mol. The Morgan fingerprint density at radius 1 is 1.47 bits per heavy atom. The van der Waals surface area contributed by atoms with Crippen LogP contribution in [0.15, 0.2) is 27.6 Å². The number of carbonyl (C=O) groups excluding carboxylic acids is 1. The third-order valence-electron chi connectivity index (χ3n) is 2.37. The largest absolute Gasteiger partial charge is 0.369 e. The molecule has 1 aromatic carbocycles. The topological polar surface area (TPSA) is 80.5 Å². The van der Waals surface area contributed by atoms with Gasteiger partial charge in [0.25, 0.3) is 0 Å². The second-order valence-corrected chi connectivity index (χ2v) is 7.37. The fourth-order valence-corrected chi connectivity index (χ4v) is 4.13. The van der Waals surface area contributed by atoms with Crippen molar-refractivity contribution in [2.24, 2.45) is 5.73 Å². The lowest BCUT2D eigenvalue weighted by atomic mass is 10.4. The minimum atomic E-state index is -3.86. The van der Waals surface area contributed by atoms with Gasteiger partial charge in [0.2, 0.25) is 15.9 Å². The average molecular weight is 370 g/mol. The van der Waals surface area contributed by atoms with Crippen molar-refractivity contribution in [3.63, 3.8) is 0 Å². The molecule has 5 nitrogen and oxygen atoms in total. The van der Waals surface area contributed by atoms with Crippen LogP contribution in [0.4, 0.5) is 0 Å². The zero-order chi connectivity index (χ0) is 14.8. The van der Waals surface area contributed by atoms with E-state index in [9.17, 15) is 13.2 Å². The molecule has 0 radical (unpaired) electrons. The second kappa shape index (κ2) is 6.21. The van der Waals surface area contributed by atoms with Crippen molar-refractivity contribution in [3.8, 4) is 0 Å². The molecule has 0 saturated heterocycles. The molecule has 0 aromatic heterocycles. The summed E-state index contributed by atoms with van der Waals surface area (Å²) in [6.07, 6.45) is 0. The molecule has 0 aliphatic carbocycles. The number of rotatable bonds is 5. The zero-order valence-electron chi connectivity index (χ0n) is 10.4. The normalized spacial score (nSPS) is 12.1. The molecule has 0 saturated carbocycles. The molecule has 106 valence electrons. The van der Waals surface area contributed by atoms with Gasteiger partial charge < -0.3 is 5.73 Å². The summed E-state index contributed by atoms with van der Waals surface area (Å²) in [7, 11) is -3.86. The number of amides is 1. The van der Waals surface area contributed by atoms with Gasteiger partial charge in [0, 0.05) is 10.5 Å². The molecular weight excluding hydrogens is 356 g/mol. The molecule has 1 amide bonds.